The van der Waals surface area contributed by atoms with Crippen molar-refractivity contribution in [1.29, 1.82) is 0 Å². The van der Waals surface area contributed by atoms with Gasteiger partial charge >= 0.3 is 5.97 Å². The van der Waals surface area contributed by atoms with E-state index in [4.69, 9.17) is 5.11 Å². The van der Waals surface area contributed by atoms with E-state index in [9.17, 15) is 4.79 Å². The van der Waals surface area contributed by atoms with Gasteiger partial charge in [-0.1, -0.05) is 6.07 Å². The molecule has 0 bridgehead atoms. The number of rotatable bonds is 3. The maximum atomic E-state index is 10.9. The molecule has 2 heterocycles. The van der Waals surface area contributed by atoms with Crippen LogP contribution < -0.4 is 0 Å². The van der Waals surface area contributed by atoms with Crippen LogP contribution in [0.15, 0.2) is 35.7 Å². The molecular formula is C13H10N2O2S. The molecule has 0 aliphatic carbocycles. The van der Waals surface area contributed by atoms with Gasteiger partial charge in [-0.15, -0.1) is 11.3 Å². The van der Waals surface area contributed by atoms with Crippen molar-refractivity contribution in [1.82, 2.24) is 9.97 Å². The Labute approximate surface area is 107 Å². The zero-order valence-corrected chi connectivity index (χ0v) is 10.2. The molecular weight excluding hydrogens is 248 g/mol. The molecule has 0 amide bonds. The summed E-state index contributed by atoms with van der Waals surface area (Å²) in [6, 6.07) is 8.97. The van der Waals surface area contributed by atoms with Gasteiger partial charge in [0.1, 0.15) is 5.82 Å². The van der Waals surface area contributed by atoms with Crippen molar-refractivity contribution in [3.63, 3.8) is 0 Å². The maximum Gasteiger partial charge on any atom is 0.335 e. The largest absolute Gasteiger partial charge is 0.478 e. The Morgan fingerprint density at radius 1 is 1.39 bits per heavy atom. The van der Waals surface area contributed by atoms with Gasteiger partial charge < -0.3 is 10.1 Å². The first kappa shape index (κ1) is 11.0. The van der Waals surface area contributed by atoms with Crippen molar-refractivity contribution in [2.24, 2.45) is 0 Å². The number of nitrogens with zero attached hydrogens (tertiary/aromatic N) is 1. The molecule has 1 aromatic carbocycles. The van der Waals surface area contributed by atoms with Crippen LogP contribution in [0.1, 0.15) is 21.1 Å². The van der Waals surface area contributed by atoms with Crippen LogP contribution >= 0.6 is 11.3 Å². The monoisotopic (exact) mass is 258 g/mol. The van der Waals surface area contributed by atoms with Gasteiger partial charge in [0.2, 0.25) is 0 Å². The van der Waals surface area contributed by atoms with Crippen LogP contribution in [0.25, 0.3) is 11.0 Å². The van der Waals surface area contributed by atoms with Crippen LogP contribution in [-0.4, -0.2) is 21.0 Å². The number of aromatic amines is 1. The lowest BCUT2D eigenvalue weighted by molar-refractivity contribution is 0.0697. The lowest BCUT2D eigenvalue weighted by Gasteiger charge is -1.92. The number of imidazole rings is 1. The van der Waals surface area contributed by atoms with E-state index in [0.717, 1.165) is 23.3 Å². The van der Waals surface area contributed by atoms with Crippen molar-refractivity contribution in [3.8, 4) is 0 Å². The topological polar surface area (TPSA) is 66.0 Å². The third-order valence-electron chi connectivity index (χ3n) is 2.70. The minimum Gasteiger partial charge on any atom is -0.478 e. The number of thiophene rings is 1. The number of carboxylic acid groups (broad SMARTS) is 1. The highest BCUT2D eigenvalue weighted by atomic mass is 32.1. The number of aromatic carboxylic acids is 1. The molecule has 3 aromatic rings. The van der Waals surface area contributed by atoms with Gasteiger partial charge in [-0.2, -0.15) is 0 Å². The summed E-state index contributed by atoms with van der Waals surface area (Å²) in [5.74, 6) is -0.0682. The van der Waals surface area contributed by atoms with Crippen LogP contribution in [0.4, 0.5) is 0 Å². The first-order valence-electron chi connectivity index (χ1n) is 5.47. The van der Waals surface area contributed by atoms with Gasteiger partial charge in [0.15, 0.2) is 0 Å². The molecule has 2 N–H and O–H groups in total. The number of carboxylic acids is 1. The fourth-order valence-corrected chi connectivity index (χ4v) is 2.57. The summed E-state index contributed by atoms with van der Waals surface area (Å²) in [7, 11) is 0. The number of nitrogens with one attached hydrogen (secondary N) is 1. The molecule has 90 valence electrons. The molecule has 2 aromatic heterocycles. The Hall–Kier alpha value is -2.14. The summed E-state index contributed by atoms with van der Waals surface area (Å²) < 4.78 is 0. The van der Waals surface area contributed by atoms with Gasteiger partial charge in [0.05, 0.1) is 16.6 Å². The fraction of sp³-hybridized carbons (Fsp3) is 0.0769. The lowest BCUT2D eigenvalue weighted by Crippen LogP contribution is -1.94. The van der Waals surface area contributed by atoms with Crippen LogP contribution in [0, 0.1) is 0 Å². The van der Waals surface area contributed by atoms with E-state index in [1.165, 1.54) is 4.88 Å². The standard InChI is InChI=1S/C13H10N2O2S/c16-13(17)8-3-4-10-11(6-8)15-12(14-10)7-9-2-1-5-18-9/h1-6H,7H2,(H,14,15)(H,16,17). The van der Waals surface area contributed by atoms with Crippen molar-refractivity contribution in [3.05, 3.63) is 52.0 Å². The van der Waals surface area contributed by atoms with Crippen LogP contribution in [0.3, 0.4) is 0 Å². The summed E-state index contributed by atoms with van der Waals surface area (Å²) in [4.78, 5) is 19.7. The highest BCUT2D eigenvalue weighted by molar-refractivity contribution is 7.09. The maximum absolute atomic E-state index is 10.9. The van der Waals surface area contributed by atoms with Gasteiger partial charge in [0.25, 0.3) is 0 Å². The third-order valence-corrected chi connectivity index (χ3v) is 3.58. The Kier molecular flexibility index (Phi) is 2.60. The smallest absolute Gasteiger partial charge is 0.335 e. The lowest BCUT2D eigenvalue weighted by atomic mass is 10.2. The van der Waals surface area contributed by atoms with Gasteiger partial charge in [0, 0.05) is 11.3 Å². The number of hydrogen-bond acceptors (Lipinski definition) is 3. The van der Waals surface area contributed by atoms with Crippen LogP contribution in [0.5, 0.6) is 0 Å². The first-order valence-corrected chi connectivity index (χ1v) is 6.34. The van der Waals surface area contributed by atoms with E-state index in [-0.39, 0.29) is 5.56 Å². The van der Waals surface area contributed by atoms with E-state index in [1.807, 2.05) is 11.4 Å². The molecule has 0 saturated carbocycles. The molecule has 18 heavy (non-hydrogen) atoms. The molecule has 0 radical (unpaired) electrons. The number of H-pyrrole nitrogens is 1. The predicted octanol–water partition coefficient (Wildman–Crippen LogP) is 2.91. The van der Waals surface area contributed by atoms with E-state index in [0.29, 0.717) is 0 Å². The number of aromatic nitrogens is 2. The summed E-state index contributed by atoms with van der Waals surface area (Å²) in [6.45, 7) is 0. The van der Waals surface area contributed by atoms with Crippen molar-refractivity contribution in [2.45, 2.75) is 6.42 Å². The van der Waals surface area contributed by atoms with Crippen LogP contribution in [-0.2, 0) is 6.42 Å². The molecule has 0 atom stereocenters. The van der Waals surface area contributed by atoms with E-state index < -0.39 is 5.97 Å². The SMILES string of the molecule is O=C(O)c1ccc2nc(Cc3cccs3)[nH]c2c1. The summed E-state index contributed by atoms with van der Waals surface area (Å²) in [6.07, 6.45) is 0.745. The second-order valence-electron chi connectivity index (χ2n) is 3.98. The average Bonchev–Trinajstić information content (AvgIpc) is 2.96. The summed E-state index contributed by atoms with van der Waals surface area (Å²) >= 11 is 1.68. The molecule has 0 saturated heterocycles. The molecule has 3 rings (SSSR count). The van der Waals surface area contributed by atoms with E-state index in [2.05, 4.69) is 16.0 Å². The minimum absolute atomic E-state index is 0.272. The normalized spacial score (nSPS) is 10.9. The van der Waals surface area contributed by atoms with E-state index in [1.54, 1.807) is 29.5 Å². The second kappa shape index (κ2) is 4.27. The first-order chi connectivity index (χ1) is 8.72. The predicted molar refractivity (Wildman–Crippen MR) is 70.2 cm³/mol. The minimum atomic E-state index is -0.925. The Morgan fingerprint density at radius 2 is 2.28 bits per heavy atom. The highest BCUT2D eigenvalue weighted by Gasteiger charge is 2.08. The molecule has 4 nitrogen and oxygen atoms in total. The van der Waals surface area contributed by atoms with Crippen molar-refractivity contribution >= 4 is 28.3 Å². The third kappa shape index (κ3) is 2.00. The number of fused-ring (bicyclic) bond motifs is 1. The van der Waals surface area contributed by atoms with Gasteiger partial charge in [-0.05, 0) is 29.6 Å². The number of carbonyl (C=O) groups is 1. The Balaban J connectivity index is 1.98. The molecule has 0 aliphatic heterocycles. The zero-order valence-electron chi connectivity index (χ0n) is 9.38. The molecule has 0 aliphatic rings. The van der Waals surface area contributed by atoms with Gasteiger partial charge in [-0.25, -0.2) is 9.78 Å². The van der Waals surface area contributed by atoms with Crippen molar-refractivity contribution < 1.29 is 9.90 Å². The Morgan fingerprint density at radius 3 is 3.00 bits per heavy atom. The quantitative estimate of drug-likeness (QED) is 0.759. The molecule has 5 heteroatoms. The average molecular weight is 258 g/mol. The van der Waals surface area contributed by atoms with Crippen molar-refractivity contribution in [2.75, 3.05) is 0 Å². The van der Waals surface area contributed by atoms with Gasteiger partial charge in [-0.3, -0.25) is 0 Å². The highest BCUT2D eigenvalue weighted by Crippen LogP contribution is 2.17. The van der Waals surface area contributed by atoms with Crippen LogP contribution in [0.2, 0.25) is 0 Å². The zero-order chi connectivity index (χ0) is 12.5. The fourth-order valence-electron chi connectivity index (χ4n) is 1.86. The summed E-state index contributed by atoms with van der Waals surface area (Å²) in [5, 5.41) is 11.0. The second-order valence-corrected chi connectivity index (χ2v) is 5.01. The molecule has 0 unspecified atom stereocenters. The summed E-state index contributed by atoms with van der Waals surface area (Å²) in [5.41, 5.74) is 1.84. The molecule has 0 fully saturated rings. The molecule has 0 spiro atoms. The number of hydrogen-bond donors (Lipinski definition) is 2. The van der Waals surface area contributed by atoms with E-state index >= 15 is 0 Å². The Bertz CT molecular complexity index is 701. The number of benzene rings is 1.